The first kappa shape index (κ1) is 18.9. The molecule has 19 heavy (non-hydrogen) atoms. The Labute approximate surface area is 121 Å². The standard InChI is InChI=1S/C17H37NO/c1-2-3-16-19-17-14-12-10-8-6-4-5-7-9-11-13-15-18/h2-18H2,1H3. The van der Waals surface area contributed by atoms with E-state index in [1.807, 2.05) is 0 Å². The number of hydrogen-bond acceptors (Lipinski definition) is 2. The molecular formula is C17H37NO. The fraction of sp³-hybridized carbons (Fsp3) is 1.00. The van der Waals surface area contributed by atoms with E-state index in [1.165, 1.54) is 83.5 Å². The maximum absolute atomic E-state index is 5.56. The van der Waals surface area contributed by atoms with E-state index in [-0.39, 0.29) is 0 Å². The summed E-state index contributed by atoms with van der Waals surface area (Å²) in [4.78, 5) is 0. The van der Waals surface area contributed by atoms with Gasteiger partial charge in [-0.05, 0) is 25.8 Å². The number of unbranched alkanes of at least 4 members (excludes halogenated alkanes) is 11. The Bertz CT molecular complexity index is 134. The third-order valence-corrected chi connectivity index (χ3v) is 3.64. The molecule has 0 spiro atoms. The van der Waals surface area contributed by atoms with Gasteiger partial charge in [0.2, 0.25) is 0 Å². The Hall–Kier alpha value is -0.0800. The van der Waals surface area contributed by atoms with Crippen molar-refractivity contribution in [1.82, 2.24) is 0 Å². The summed E-state index contributed by atoms with van der Waals surface area (Å²) in [5.74, 6) is 0. The van der Waals surface area contributed by atoms with Crippen molar-refractivity contribution in [2.24, 2.45) is 5.73 Å². The minimum Gasteiger partial charge on any atom is -0.381 e. The van der Waals surface area contributed by atoms with Gasteiger partial charge in [-0.15, -0.1) is 0 Å². The van der Waals surface area contributed by atoms with Gasteiger partial charge in [0.1, 0.15) is 0 Å². The summed E-state index contributed by atoms with van der Waals surface area (Å²) < 4.78 is 5.56. The Kier molecular flexibility index (Phi) is 17.8. The van der Waals surface area contributed by atoms with Crippen LogP contribution in [0.2, 0.25) is 0 Å². The highest BCUT2D eigenvalue weighted by atomic mass is 16.5. The Balaban J connectivity index is 2.88. The number of rotatable bonds is 16. The Morgan fingerprint density at radius 2 is 1.00 bits per heavy atom. The molecule has 2 N–H and O–H groups in total. The molecule has 0 bridgehead atoms. The quantitative estimate of drug-likeness (QED) is 0.399. The van der Waals surface area contributed by atoms with Crippen molar-refractivity contribution in [2.45, 2.75) is 90.4 Å². The lowest BCUT2D eigenvalue weighted by Gasteiger charge is -2.04. The number of nitrogens with two attached hydrogens (primary N) is 1. The second kappa shape index (κ2) is 17.9. The molecule has 116 valence electrons. The van der Waals surface area contributed by atoms with Crippen molar-refractivity contribution in [1.29, 1.82) is 0 Å². The summed E-state index contributed by atoms with van der Waals surface area (Å²) in [6, 6.07) is 0. The summed E-state index contributed by atoms with van der Waals surface area (Å²) in [5, 5.41) is 0. The molecule has 0 saturated carbocycles. The maximum atomic E-state index is 5.56. The zero-order valence-electron chi connectivity index (χ0n) is 13.3. The van der Waals surface area contributed by atoms with Crippen LogP contribution in [0.1, 0.15) is 90.4 Å². The molecule has 0 fully saturated rings. The molecule has 0 aliphatic heterocycles. The molecular weight excluding hydrogens is 234 g/mol. The van der Waals surface area contributed by atoms with Gasteiger partial charge in [-0.2, -0.15) is 0 Å². The largest absolute Gasteiger partial charge is 0.381 e. The fourth-order valence-electron chi connectivity index (χ4n) is 2.29. The molecule has 0 aromatic heterocycles. The summed E-state index contributed by atoms with van der Waals surface area (Å²) in [7, 11) is 0. The first-order valence-corrected chi connectivity index (χ1v) is 8.69. The second-order valence-corrected chi connectivity index (χ2v) is 5.64. The molecule has 0 unspecified atom stereocenters. The smallest absolute Gasteiger partial charge is 0.0466 e. The molecule has 0 radical (unpaired) electrons. The van der Waals surface area contributed by atoms with Gasteiger partial charge in [-0.25, -0.2) is 0 Å². The van der Waals surface area contributed by atoms with Gasteiger partial charge in [0, 0.05) is 13.2 Å². The molecule has 0 aromatic rings. The summed E-state index contributed by atoms with van der Waals surface area (Å²) in [5.41, 5.74) is 5.47. The van der Waals surface area contributed by atoms with Crippen LogP contribution in [0.3, 0.4) is 0 Å². The molecule has 0 heterocycles. The fourth-order valence-corrected chi connectivity index (χ4v) is 2.29. The van der Waals surface area contributed by atoms with E-state index in [4.69, 9.17) is 10.5 Å². The summed E-state index contributed by atoms with van der Waals surface area (Å²) >= 11 is 0. The van der Waals surface area contributed by atoms with Gasteiger partial charge in [0.05, 0.1) is 0 Å². The molecule has 0 aliphatic carbocycles. The van der Waals surface area contributed by atoms with E-state index >= 15 is 0 Å². The van der Waals surface area contributed by atoms with E-state index in [1.54, 1.807) is 0 Å². The molecule has 0 aliphatic rings. The minimum atomic E-state index is 0.863. The van der Waals surface area contributed by atoms with Crippen molar-refractivity contribution in [3.05, 3.63) is 0 Å². The van der Waals surface area contributed by atoms with Crippen molar-refractivity contribution < 1.29 is 4.74 Å². The van der Waals surface area contributed by atoms with Crippen LogP contribution in [0, 0.1) is 0 Å². The van der Waals surface area contributed by atoms with E-state index < -0.39 is 0 Å². The Morgan fingerprint density at radius 3 is 1.47 bits per heavy atom. The predicted octanol–water partition coefficient (Wildman–Crippen LogP) is 5.05. The van der Waals surface area contributed by atoms with E-state index in [0.717, 1.165) is 19.8 Å². The lowest BCUT2D eigenvalue weighted by atomic mass is 10.1. The molecule has 0 amide bonds. The van der Waals surface area contributed by atoms with Gasteiger partial charge in [-0.3, -0.25) is 0 Å². The topological polar surface area (TPSA) is 35.2 Å². The van der Waals surface area contributed by atoms with E-state index in [9.17, 15) is 0 Å². The summed E-state index contributed by atoms with van der Waals surface area (Å²) in [6.07, 6.45) is 17.5. The van der Waals surface area contributed by atoms with Crippen molar-refractivity contribution in [3.8, 4) is 0 Å². The van der Waals surface area contributed by atoms with Crippen LogP contribution < -0.4 is 5.73 Å². The van der Waals surface area contributed by atoms with E-state index in [2.05, 4.69) is 6.92 Å². The molecule has 0 aromatic carbocycles. The lowest BCUT2D eigenvalue weighted by Crippen LogP contribution is -1.97. The van der Waals surface area contributed by atoms with Crippen molar-refractivity contribution >= 4 is 0 Å². The normalized spacial score (nSPS) is 11.1. The minimum absolute atomic E-state index is 0.863. The number of ether oxygens (including phenoxy) is 1. The van der Waals surface area contributed by atoms with Crippen molar-refractivity contribution in [2.75, 3.05) is 19.8 Å². The van der Waals surface area contributed by atoms with Crippen LogP contribution in [0.4, 0.5) is 0 Å². The van der Waals surface area contributed by atoms with Gasteiger partial charge >= 0.3 is 0 Å². The van der Waals surface area contributed by atoms with E-state index in [0.29, 0.717) is 0 Å². The third kappa shape index (κ3) is 17.9. The SMILES string of the molecule is CCCCOCCCCCCCCCCCCCN. The molecule has 0 saturated heterocycles. The molecule has 0 atom stereocenters. The summed E-state index contributed by atoms with van der Waals surface area (Å²) in [6.45, 7) is 5.01. The van der Waals surface area contributed by atoms with Crippen LogP contribution in [-0.4, -0.2) is 19.8 Å². The van der Waals surface area contributed by atoms with Crippen LogP contribution >= 0.6 is 0 Å². The van der Waals surface area contributed by atoms with Crippen LogP contribution in [0.15, 0.2) is 0 Å². The molecule has 0 rings (SSSR count). The molecule has 2 heteroatoms. The second-order valence-electron chi connectivity index (χ2n) is 5.64. The zero-order chi connectivity index (χ0) is 14.0. The van der Waals surface area contributed by atoms with Gasteiger partial charge < -0.3 is 10.5 Å². The zero-order valence-corrected chi connectivity index (χ0v) is 13.3. The van der Waals surface area contributed by atoms with Gasteiger partial charge in [0.15, 0.2) is 0 Å². The molecule has 2 nitrogen and oxygen atoms in total. The monoisotopic (exact) mass is 271 g/mol. The predicted molar refractivity (Wildman–Crippen MR) is 85.6 cm³/mol. The third-order valence-electron chi connectivity index (χ3n) is 3.64. The van der Waals surface area contributed by atoms with Gasteiger partial charge in [0.25, 0.3) is 0 Å². The average molecular weight is 271 g/mol. The average Bonchev–Trinajstić information content (AvgIpc) is 2.43. The maximum Gasteiger partial charge on any atom is 0.0466 e. The highest BCUT2D eigenvalue weighted by Gasteiger charge is 1.93. The van der Waals surface area contributed by atoms with Crippen LogP contribution in [-0.2, 0) is 4.74 Å². The Morgan fingerprint density at radius 1 is 0.579 bits per heavy atom. The van der Waals surface area contributed by atoms with Gasteiger partial charge in [-0.1, -0.05) is 71.1 Å². The van der Waals surface area contributed by atoms with Crippen molar-refractivity contribution in [3.63, 3.8) is 0 Å². The van der Waals surface area contributed by atoms with Crippen LogP contribution in [0.5, 0.6) is 0 Å². The first-order valence-electron chi connectivity index (χ1n) is 8.69. The number of hydrogen-bond donors (Lipinski definition) is 1. The highest BCUT2D eigenvalue weighted by molar-refractivity contribution is 4.49. The first-order chi connectivity index (χ1) is 9.41. The van der Waals surface area contributed by atoms with Crippen LogP contribution in [0.25, 0.3) is 0 Å². The highest BCUT2D eigenvalue weighted by Crippen LogP contribution is 2.11. The lowest BCUT2D eigenvalue weighted by molar-refractivity contribution is 0.127.